The molecule has 0 aliphatic carbocycles. The number of fused-ring (bicyclic) bond motifs is 1. The minimum absolute atomic E-state index is 1.21. The van der Waals surface area contributed by atoms with E-state index in [2.05, 4.69) is 194 Å². The summed E-state index contributed by atoms with van der Waals surface area (Å²) in [7, 11) is 0. The fourth-order valence-corrected chi connectivity index (χ4v) is 9.52. The number of rotatable bonds is 4. The lowest BCUT2D eigenvalue weighted by Gasteiger charge is -2.21. The summed E-state index contributed by atoms with van der Waals surface area (Å²) in [6, 6.07) is 72.5. The first-order valence-corrected chi connectivity index (χ1v) is 18.8. The van der Waals surface area contributed by atoms with Crippen LogP contribution < -0.4 is 0 Å². The van der Waals surface area contributed by atoms with E-state index < -0.39 is 0 Å². The highest BCUT2D eigenvalue weighted by Gasteiger charge is 2.20. The van der Waals surface area contributed by atoms with Gasteiger partial charge in [0.15, 0.2) is 0 Å². The van der Waals surface area contributed by atoms with E-state index in [9.17, 15) is 0 Å². The predicted octanol–water partition coefficient (Wildman–Crippen LogP) is 15.3. The Labute approximate surface area is 312 Å². The molecule has 248 valence electrons. The van der Waals surface area contributed by atoms with Crippen molar-refractivity contribution in [2.75, 3.05) is 0 Å². The van der Waals surface area contributed by atoms with E-state index in [0.29, 0.717) is 0 Å². The Balaban J connectivity index is 1.12. The Kier molecular flexibility index (Phi) is 6.15. The second-order valence-corrected chi connectivity index (χ2v) is 14.8. The largest absolute Gasteiger partial charge is 0.0622 e. The Morgan fingerprint density at radius 2 is 0.630 bits per heavy atom. The van der Waals surface area contributed by atoms with Gasteiger partial charge in [-0.15, -0.1) is 0 Å². The summed E-state index contributed by atoms with van der Waals surface area (Å²) in [4.78, 5) is 0. The first-order valence-electron chi connectivity index (χ1n) is 18.8. The van der Waals surface area contributed by atoms with Crippen molar-refractivity contribution in [2.24, 2.45) is 0 Å². The lowest BCUT2D eigenvalue weighted by Crippen LogP contribution is -1.94. The highest BCUT2D eigenvalue weighted by Crippen LogP contribution is 2.48. The third-order valence-corrected chi connectivity index (χ3v) is 12.0. The van der Waals surface area contributed by atoms with Gasteiger partial charge in [-0.2, -0.15) is 0 Å². The van der Waals surface area contributed by atoms with Crippen molar-refractivity contribution in [1.29, 1.82) is 0 Å². The van der Waals surface area contributed by atoms with Crippen LogP contribution in [0.15, 0.2) is 194 Å². The SMILES string of the molecule is c1ccc(-c2cc(-c3ccc(-c4ccc5ccc6cccc7ccc4c5c67)cc3)c(-c3ccc4ccc5cccc6ccc3c4c56)c3ccccc23)cc1. The first-order chi connectivity index (χ1) is 26.8. The van der Waals surface area contributed by atoms with Gasteiger partial charge < -0.3 is 0 Å². The van der Waals surface area contributed by atoms with Crippen LogP contribution in [0.3, 0.4) is 0 Å². The number of hydrogen-bond donors (Lipinski definition) is 0. The molecule has 0 aliphatic rings. The van der Waals surface area contributed by atoms with Gasteiger partial charge in [0.2, 0.25) is 0 Å². The fraction of sp³-hybridized carbons (Fsp3) is 0. The van der Waals surface area contributed by atoms with Crippen molar-refractivity contribution >= 4 is 75.4 Å². The molecule has 12 aromatic carbocycles. The van der Waals surface area contributed by atoms with Gasteiger partial charge in [-0.05, 0) is 126 Å². The van der Waals surface area contributed by atoms with Crippen LogP contribution >= 0.6 is 0 Å². The lowest BCUT2D eigenvalue weighted by molar-refractivity contribution is 1.60. The second kappa shape index (κ2) is 11.2. The van der Waals surface area contributed by atoms with Gasteiger partial charge >= 0.3 is 0 Å². The Morgan fingerprint density at radius 1 is 0.204 bits per heavy atom. The van der Waals surface area contributed by atoms with E-state index in [0.717, 1.165) is 0 Å². The van der Waals surface area contributed by atoms with Gasteiger partial charge in [0.05, 0.1) is 0 Å². The molecule has 12 rings (SSSR count). The lowest BCUT2D eigenvalue weighted by atomic mass is 9.82. The summed E-state index contributed by atoms with van der Waals surface area (Å²) < 4.78 is 0. The van der Waals surface area contributed by atoms with Crippen LogP contribution in [0.25, 0.3) is 120 Å². The molecule has 0 heterocycles. The summed E-state index contributed by atoms with van der Waals surface area (Å²) >= 11 is 0. The number of hydrogen-bond acceptors (Lipinski definition) is 0. The van der Waals surface area contributed by atoms with Crippen LogP contribution in [0.2, 0.25) is 0 Å². The second-order valence-electron chi connectivity index (χ2n) is 14.8. The number of benzene rings is 12. The molecule has 0 N–H and O–H groups in total. The maximum atomic E-state index is 2.44. The van der Waals surface area contributed by atoms with Crippen LogP contribution in [0.4, 0.5) is 0 Å². The van der Waals surface area contributed by atoms with E-state index in [4.69, 9.17) is 0 Å². The van der Waals surface area contributed by atoms with E-state index in [1.165, 1.54) is 120 Å². The monoisotopic (exact) mass is 680 g/mol. The van der Waals surface area contributed by atoms with Gasteiger partial charge in [-0.1, -0.05) is 188 Å². The van der Waals surface area contributed by atoms with Crippen molar-refractivity contribution in [2.45, 2.75) is 0 Å². The van der Waals surface area contributed by atoms with Gasteiger partial charge in [0.25, 0.3) is 0 Å². The summed E-state index contributed by atoms with van der Waals surface area (Å²) in [5, 5.41) is 18.2. The zero-order chi connectivity index (χ0) is 35.3. The van der Waals surface area contributed by atoms with Crippen molar-refractivity contribution < 1.29 is 0 Å². The molecule has 0 amide bonds. The Morgan fingerprint density at radius 3 is 1.22 bits per heavy atom. The summed E-state index contributed by atoms with van der Waals surface area (Å²) in [6.45, 7) is 0. The smallest absolute Gasteiger partial charge is 0.00201 e. The zero-order valence-electron chi connectivity index (χ0n) is 29.5. The van der Waals surface area contributed by atoms with Crippen molar-refractivity contribution in [3.8, 4) is 44.5 Å². The first kappa shape index (κ1) is 29.5. The van der Waals surface area contributed by atoms with E-state index in [1.807, 2.05) is 0 Å². The molecule has 0 saturated heterocycles. The van der Waals surface area contributed by atoms with Gasteiger partial charge in [-0.25, -0.2) is 0 Å². The molecule has 0 saturated carbocycles. The third-order valence-electron chi connectivity index (χ3n) is 12.0. The quantitative estimate of drug-likeness (QED) is 0.162. The molecule has 0 aliphatic heterocycles. The van der Waals surface area contributed by atoms with E-state index >= 15 is 0 Å². The predicted molar refractivity (Wildman–Crippen MR) is 233 cm³/mol. The Hall–Kier alpha value is -7.02. The Bertz CT molecular complexity index is 3370. The highest BCUT2D eigenvalue weighted by atomic mass is 14.2. The molecule has 0 bridgehead atoms. The molecule has 0 unspecified atom stereocenters. The van der Waals surface area contributed by atoms with Crippen LogP contribution in [0.1, 0.15) is 0 Å². The standard InChI is InChI=1S/C54H32/c1-2-8-33(9-3-1)48-32-49(35-18-16-34(17-19-35)42-28-24-40-22-20-36-10-6-12-38-25-29-45(42)52(40)50(36)38)54(44-15-5-4-14-43(44)48)47-31-27-41-23-21-37-11-7-13-39-26-30-46(47)53(41)51(37)39/h1-32H. The van der Waals surface area contributed by atoms with E-state index in [1.54, 1.807) is 0 Å². The molecule has 12 aromatic rings. The maximum Gasteiger partial charge on any atom is -0.00201 e. The molecule has 0 aromatic heterocycles. The molecule has 0 radical (unpaired) electrons. The van der Waals surface area contributed by atoms with Crippen molar-refractivity contribution in [3.05, 3.63) is 194 Å². The fourth-order valence-electron chi connectivity index (χ4n) is 9.52. The third kappa shape index (κ3) is 4.20. The average Bonchev–Trinajstić information content (AvgIpc) is 3.24. The van der Waals surface area contributed by atoms with Gasteiger partial charge in [0, 0.05) is 0 Å². The molecule has 0 fully saturated rings. The molecular weight excluding hydrogens is 649 g/mol. The molecular formula is C54H32. The molecule has 0 nitrogen and oxygen atoms in total. The topological polar surface area (TPSA) is 0 Å². The van der Waals surface area contributed by atoms with Gasteiger partial charge in [-0.3, -0.25) is 0 Å². The molecule has 54 heavy (non-hydrogen) atoms. The van der Waals surface area contributed by atoms with Gasteiger partial charge in [0.1, 0.15) is 0 Å². The average molecular weight is 681 g/mol. The van der Waals surface area contributed by atoms with Crippen LogP contribution in [0.5, 0.6) is 0 Å². The molecule has 0 heteroatoms. The maximum absolute atomic E-state index is 2.44. The summed E-state index contributed by atoms with van der Waals surface area (Å²) in [5.41, 5.74) is 9.96. The van der Waals surface area contributed by atoms with Crippen molar-refractivity contribution in [1.82, 2.24) is 0 Å². The summed E-state index contributed by atoms with van der Waals surface area (Å²) in [5.74, 6) is 0. The molecule has 0 atom stereocenters. The highest BCUT2D eigenvalue weighted by molar-refractivity contribution is 6.28. The zero-order valence-corrected chi connectivity index (χ0v) is 29.5. The minimum atomic E-state index is 1.21. The minimum Gasteiger partial charge on any atom is -0.0622 e. The normalized spacial score (nSPS) is 12.1. The van der Waals surface area contributed by atoms with E-state index in [-0.39, 0.29) is 0 Å². The van der Waals surface area contributed by atoms with Crippen LogP contribution in [-0.2, 0) is 0 Å². The van der Waals surface area contributed by atoms with Crippen LogP contribution in [0, 0.1) is 0 Å². The summed E-state index contributed by atoms with van der Waals surface area (Å²) in [6.07, 6.45) is 0. The van der Waals surface area contributed by atoms with Crippen molar-refractivity contribution in [3.63, 3.8) is 0 Å². The molecule has 0 spiro atoms. The van der Waals surface area contributed by atoms with Crippen LogP contribution in [-0.4, -0.2) is 0 Å².